The lowest BCUT2D eigenvalue weighted by atomic mass is 9.93. The van der Waals surface area contributed by atoms with Crippen LogP contribution in [0.3, 0.4) is 0 Å². The molecule has 1 N–H and O–H groups in total. The van der Waals surface area contributed by atoms with Crippen molar-refractivity contribution in [1.29, 1.82) is 0 Å². The standard InChI is InChI=1S/C15H13BrN4/c16-11-8-18-14-7-13(19-20(14)9-11)15-12-4-2-1-3-10(12)5-6-17-15/h1-4,7-9,15,17H,5-6H2. The summed E-state index contributed by atoms with van der Waals surface area (Å²) in [6, 6.07) is 10.8. The van der Waals surface area contributed by atoms with Gasteiger partial charge in [-0.05, 0) is 33.5 Å². The van der Waals surface area contributed by atoms with E-state index in [0.717, 1.165) is 28.8 Å². The van der Waals surface area contributed by atoms with E-state index < -0.39 is 0 Å². The summed E-state index contributed by atoms with van der Waals surface area (Å²) in [5.41, 5.74) is 4.61. The van der Waals surface area contributed by atoms with E-state index in [-0.39, 0.29) is 6.04 Å². The summed E-state index contributed by atoms with van der Waals surface area (Å²) in [6.07, 6.45) is 4.80. The van der Waals surface area contributed by atoms with E-state index in [2.05, 4.69) is 55.6 Å². The van der Waals surface area contributed by atoms with Gasteiger partial charge in [0.1, 0.15) is 0 Å². The molecular weight excluding hydrogens is 316 g/mol. The minimum absolute atomic E-state index is 0.153. The fourth-order valence-electron chi connectivity index (χ4n) is 2.78. The van der Waals surface area contributed by atoms with E-state index in [1.165, 1.54) is 11.1 Å². The van der Waals surface area contributed by atoms with Crippen molar-refractivity contribution in [2.24, 2.45) is 0 Å². The van der Waals surface area contributed by atoms with Crippen LogP contribution >= 0.6 is 15.9 Å². The number of rotatable bonds is 1. The quantitative estimate of drug-likeness (QED) is 0.746. The zero-order valence-corrected chi connectivity index (χ0v) is 12.3. The summed E-state index contributed by atoms with van der Waals surface area (Å²) in [5, 5.41) is 8.21. The Kier molecular flexibility index (Phi) is 2.82. The van der Waals surface area contributed by atoms with Gasteiger partial charge in [0, 0.05) is 25.0 Å². The lowest BCUT2D eigenvalue weighted by Crippen LogP contribution is -2.30. The number of halogens is 1. The zero-order valence-electron chi connectivity index (χ0n) is 10.8. The summed E-state index contributed by atoms with van der Waals surface area (Å²) in [6.45, 7) is 0.979. The minimum Gasteiger partial charge on any atom is -0.305 e. The molecule has 0 spiro atoms. The first-order chi connectivity index (χ1) is 9.81. The van der Waals surface area contributed by atoms with E-state index in [1.54, 1.807) is 6.20 Å². The normalized spacial score (nSPS) is 18.1. The molecule has 3 heterocycles. The molecule has 1 atom stereocenters. The van der Waals surface area contributed by atoms with Crippen molar-refractivity contribution >= 4 is 21.6 Å². The summed E-state index contributed by atoms with van der Waals surface area (Å²) >= 11 is 3.42. The summed E-state index contributed by atoms with van der Waals surface area (Å²) in [5.74, 6) is 0. The second-order valence-electron chi connectivity index (χ2n) is 4.98. The second-order valence-corrected chi connectivity index (χ2v) is 5.90. The molecule has 100 valence electrons. The van der Waals surface area contributed by atoms with Crippen molar-refractivity contribution < 1.29 is 0 Å². The van der Waals surface area contributed by atoms with E-state index in [1.807, 2.05) is 16.8 Å². The third-order valence-electron chi connectivity index (χ3n) is 3.71. The molecule has 4 rings (SSSR count). The molecule has 0 saturated carbocycles. The molecular formula is C15H13BrN4. The van der Waals surface area contributed by atoms with Gasteiger partial charge in [0.2, 0.25) is 0 Å². The average molecular weight is 329 g/mol. The van der Waals surface area contributed by atoms with E-state index in [9.17, 15) is 0 Å². The van der Waals surface area contributed by atoms with E-state index in [4.69, 9.17) is 0 Å². The Morgan fingerprint density at radius 2 is 2.20 bits per heavy atom. The van der Waals surface area contributed by atoms with Crippen LogP contribution in [-0.2, 0) is 6.42 Å². The number of aromatic nitrogens is 3. The van der Waals surface area contributed by atoms with Crippen LogP contribution in [0.5, 0.6) is 0 Å². The number of hydrogen-bond donors (Lipinski definition) is 1. The lowest BCUT2D eigenvalue weighted by Gasteiger charge is -2.25. The molecule has 0 saturated heterocycles. The summed E-state index contributed by atoms with van der Waals surface area (Å²) in [4.78, 5) is 4.38. The van der Waals surface area contributed by atoms with Gasteiger partial charge in [0.15, 0.2) is 5.65 Å². The van der Waals surface area contributed by atoms with Crippen LogP contribution in [-0.4, -0.2) is 21.1 Å². The Labute approximate surface area is 125 Å². The molecule has 5 heteroatoms. The van der Waals surface area contributed by atoms with E-state index >= 15 is 0 Å². The Hall–Kier alpha value is -1.72. The Morgan fingerprint density at radius 1 is 1.30 bits per heavy atom. The molecule has 4 nitrogen and oxygen atoms in total. The van der Waals surface area contributed by atoms with Crippen molar-refractivity contribution in [1.82, 2.24) is 19.9 Å². The predicted molar refractivity (Wildman–Crippen MR) is 80.7 cm³/mol. The van der Waals surface area contributed by atoms with Crippen molar-refractivity contribution in [3.63, 3.8) is 0 Å². The highest BCUT2D eigenvalue weighted by Gasteiger charge is 2.23. The van der Waals surface area contributed by atoms with Crippen LogP contribution in [0.15, 0.2) is 47.2 Å². The number of benzene rings is 1. The third kappa shape index (κ3) is 1.94. The smallest absolute Gasteiger partial charge is 0.155 e. The van der Waals surface area contributed by atoms with Crippen LogP contribution in [0.1, 0.15) is 22.9 Å². The number of nitrogens with one attached hydrogen (secondary N) is 1. The molecule has 2 aromatic heterocycles. The second kappa shape index (κ2) is 4.68. The molecule has 0 fully saturated rings. The number of nitrogens with zero attached hydrogens (tertiary/aromatic N) is 3. The molecule has 3 aromatic rings. The molecule has 0 radical (unpaired) electrons. The Bertz CT molecular complexity index is 780. The first kappa shape index (κ1) is 12.1. The van der Waals surface area contributed by atoms with Crippen LogP contribution in [0.2, 0.25) is 0 Å². The maximum Gasteiger partial charge on any atom is 0.155 e. The molecule has 0 amide bonds. The molecule has 0 bridgehead atoms. The molecule has 1 aromatic carbocycles. The van der Waals surface area contributed by atoms with Gasteiger partial charge in [0.05, 0.1) is 16.2 Å². The lowest BCUT2D eigenvalue weighted by molar-refractivity contribution is 0.553. The van der Waals surface area contributed by atoms with E-state index in [0.29, 0.717) is 0 Å². The van der Waals surface area contributed by atoms with Gasteiger partial charge in [-0.1, -0.05) is 24.3 Å². The molecule has 1 aliphatic rings. The van der Waals surface area contributed by atoms with Crippen LogP contribution in [0.4, 0.5) is 0 Å². The van der Waals surface area contributed by atoms with Crippen molar-refractivity contribution in [2.75, 3.05) is 6.54 Å². The first-order valence-corrected chi connectivity index (χ1v) is 7.42. The molecule has 0 aliphatic carbocycles. The summed E-state index contributed by atoms with van der Waals surface area (Å²) in [7, 11) is 0. The minimum atomic E-state index is 0.153. The zero-order chi connectivity index (χ0) is 13.5. The Balaban J connectivity index is 1.84. The third-order valence-corrected chi connectivity index (χ3v) is 4.11. The highest BCUT2D eigenvalue weighted by Crippen LogP contribution is 2.28. The van der Waals surface area contributed by atoms with Gasteiger partial charge >= 0.3 is 0 Å². The fourth-order valence-corrected chi connectivity index (χ4v) is 3.08. The highest BCUT2D eigenvalue weighted by atomic mass is 79.9. The van der Waals surface area contributed by atoms with Crippen LogP contribution < -0.4 is 5.32 Å². The monoisotopic (exact) mass is 328 g/mol. The van der Waals surface area contributed by atoms with Gasteiger partial charge in [-0.25, -0.2) is 9.50 Å². The maximum absolute atomic E-state index is 4.66. The topological polar surface area (TPSA) is 42.2 Å². The van der Waals surface area contributed by atoms with Gasteiger partial charge in [-0.15, -0.1) is 0 Å². The Morgan fingerprint density at radius 3 is 3.15 bits per heavy atom. The van der Waals surface area contributed by atoms with Crippen molar-refractivity contribution in [3.05, 3.63) is 64.0 Å². The molecule has 20 heavy (non-hydrogen) atoms. The van der Waals surface area contributed by atoms with Gasteiger partial charge in [0.25, 0.3) is 0 Å². The maximum atomic E-state index is 4.66. The molecule has 1 aliphatic heterocycles. The summed E-state index contributed by atoms with van der Waals surface area (Å²) < 4.78 is 2.75. The van der Waals surface area contributed by atoms with Crippen LogP contribution in [0.25, 0.3) is 5.65 Å². The van der Waals surface area contributed by atoms with Gasteiger partial charge in [-0.2, -0.15) is 5.10 Å². The first-order valence-electron chi connectivity index (χ1n) is 6.63. The van der Waals surface area contributed by atoms with Gasteiger partial charge < -0.3 is 5.32 Å². The highest BCUT2D eigenvalue weighted by molar-refractivity contribution is 9.10. The van der Waals surface area contributed by atoms with Crippen molar-refractivity contribution in [2.45, 2.75) is 12.5 Å². The predicted octanol–water partition coefficient (Wildman–Crippen LogP) is 2.73. The SMILES string of the molecule is Brc1cnc2cc(C3NCCc4ccccc43)nn2c1. The molecule has 1 unspecified atom stereocenters. The van der Waals surface area contributed by atoms with Crippen LogP contribution in [0, 0.1) is 0 Å². The average Bonchev–Trinajstić information content (AvgIpc) is 2.89. The number of hydrogen-bond acceptors (Lipinski definition) is 3. The number of fused-ring (bicyclic) bond motifs is 2. The van der Waals surface area contributed by atoms with Crippen molar-refractivity contribution in [3.8, 4) is 0 Å². The fraction of sp³-hybridized carbons (Fsp3) is 0.200. The largest absolute Gasteiger partial charge is 0.305 e. The van der Waals surface area contributed by atoms with Gasteiger partial charge in [-0.3, -0.25) is 0 Å².